The van der Waals surface area contributed by atoms with E-state index in [0.29, 0.717) is 0 Å². The van der Waals surface area contributed by atoms with Gasteiger partial charge in [0.15, 0.2) is 6.23 Å². The highest BCUT2D eigenvalue weighted by atomic mass is 31.3. The average molecular weight is 538 g/mol. The molecule has 0 amide bonds. The van der Waals surface area contributed by atoms with Crippen LogP contribution in [0.5, 0.6) is 0 Å². The summed E-state index contributed by atoms with van der Waals surface area (Å²) in [5.41, 5.74) is 4.38. The molecule has 0 radical (unpaired) electrons. The van der Waals surface area contributed by atoms with Gasteiger partial charge in [-0.15, -0.1) is 0 Å². The van der Waals surface area contributed by atoms with Crippen LogP contribution in [0.2, 0.25) is 0 Å². The highest BCUT2D eigenvalue weighted by Gasteiger charge is 2.47. The minimum absolute atomic E-state index is 0.112. The van der Waals surface area contributed by atoms with Crippen molar-refractivity contribution in [2.75, 3.05) is 12.3 Å². The van der Waals surface area contributed by atoms with Gasteiger partial charge in [0, 0.05) is 12.3 Å². The predicted octanol–water partition coefficient (Wildman–Crippen LogP) is -0.196. The Morgan fingerprint density at radius 2 is 1.91 bits per heavy atom. The molecule has 0 bridgehead atoms. The molecule has 2 aromatic rings. The maximum atomic E-state index is 12.2. The molecule has 6 N–H and O–H groups in total. The number of nitrogens with two attached hydrogens (primary N) is 1. The van der Waals surface area contributed by atoms with Crippen LogP contribution >= 0.6 is 15.6 Å². The molecule has 1 unspecified atom stereocenters. The summed E-state index contributed by atoms with van der Waals surface area (Å²) in [6, 6.07) is 6.80. The van der Waals surface area contributed by atoms with Crippen molar-refractivity contribution in [3.05, 3.63) is 62.7 Å². The molecule has 2 heterocycles. The molecule has 1 aliphatic rings. The van der Waals surface area contributed by atoms with E-state index in [4.69, 9.17) is 25.0 Å². The molecule has 1 aromatic carbocycles. The summed E-state index contributed by atoms with van der Waals surface area (Å²) >= 11 is 0. The molecule has 19 heteroatoms. The number of nitrogen functional groups attached to an aromatic ring is 1. The zero-order valence-corrected chi connectivity index (χ0v) is 19.3. The van der Waals surface area contributed by atoms with Gasteiger partial charge in [-0.1, -0.05) is 12.1 Å². The zero-order chi connectivity index (χ0) is 26.0. The molecule has 0 saturated carbocycles. The van der Waals surface area contributed by atoms with E-state index in [1.165, 1.54) is 30.3 Å². The van der Waals surface area contributed by atoms with Crippen LogP contribution in [-0.4, -0.2) is 59.2 Å². The molecule has 0 spiro atoms. The number of hydrogen-bond acceptors (Lipinski definition) is 12. The Hall–Kier alpha value is -2.56. The lowest BCUT2D eigenvalue weighted by molar-refractivity contribution is -0.386. The van der Waals surface area contributed by atoms with Gasteiger partial charge < -0.3 is 35.0 Å². The zero-order valence-electron chi connectivity index (χ0n) is 17.5. The topological polar surface area (TPSA) is 256 Å². The minimum Gasteiger partial charge on any atom is -0.386 e. The third-order valence-electron chi connectivity index (χ3n) is 4.67. The molecule has 35 heavy (non-hydrogen) atoms. The van der Waals surface area contributed by atoms with Crippen molar-refractivity contribution in [3.63, 3.8) is 0 Å². The van der Waals surface area contributed by atoms with E-state index in [9.17, 15) is 34.0 Å². The largest absolute Gasteiger partial charge is 0.481 e. The number of nitrogens with zero attached hydrogens (tertiary/aromatic N) is 3. The summed E-state index contributed by atoms with van der Waals surface area (Å²) in [5.74, 6) is -0.112. The number of ether oxygens (including phenoxy) is 2. The van der Waals surface area contributed by atoms with Crippen LogP contribution in [0.3, 0.4) is 0 Å². The van der Waals surface area contributed by atoms with E-state index in [2.05, 4.69) is 13.8 Å². The smallest absolute Gasteiger partial charge is 0.386 e. The summed E-state index contributed by atoms with van der Waals surface area (Å²) in [6.45, 7) is -1.32. The lowest BCUT2D eigenvalue weighted by Gasteiger charge is -2.21. The molecular weight excluding hydrogens is 518 g/mol. The molecule has 1 aliphatic heterocycles. The van der Waals surface area contributed by atoms with E-state index in [0.717, 1.165) is 10.8 Å². The number of rotatable bonds is 10. The monoisotopic (exact) mass is 538 g/mol. The fourth-order valence-corrected chi connectivity index (χ4v) is 4.83. The first kappa shape index (κ1) is 27.0. The number of nitro groups is 1. The average Bonchev–Trinajstić information content (AvgIpc) is 3.04. The van der Waals surface area contributed by atoms with Gasteiger partial charge in [0.1, 0.15) is 24.1 Å². The van der Waals surface area contributed by atoms with Gasteiger partial charge in [-0.3, -0.25) is 19.2 Å². The third-order valence-corrected chi connectivity index (χ3v) is 6.82. The van der Waals surface area contributed by atoms with E-state index >= 15 is 0 Å². The predicted molar refractivity (Wildman–Crippen MR) is 113 cm³/mol. The number of anilines is 1. The van der Waals surface area contributed by atoms with E-state index in [1.54, 1.807) is 0 Å². The Labute approximate surface area is 195 Å². The maximum absolute atomic E-state index is 12.2. The van der Waals surface area contributed by atoms with Crippen LogP contribution in [0.4, 0.5) is 11.5 Å². The Bertz CT molecular complexity index is 1230. The van der Waals surface area contributed by atoms with Gasteiger partial charge in [0.05, 0.1) is 23.7 Å². The second-order valence-corrected chi connectivity index (χ2v) is 9.93. The van der Waals surface area contributed by atoms with Crippen molar-refractivity contribution in [2.45, 2.75) is 31.1 Å². The molecule has 0 aliphatic carbocycles. The number of hydrogen-bond donors (Lipinski definition) is 5. The van der Waals surface area contributed by atoms with Crippen LogP contribution in [0.15, 0.2) is 41.3 Å². The maximum Gasteiger partial charge on any atom is 0.481 e. The Kier molecular flexibility index (Phi) is 8.18. The normalized spacial score (nSPS) is 24.2. The van der Waals surface area contributed by atoms with Gasteiger partial charge in [0.25, 0.3) is 5.69 Å². The Morgan fingerprint density at radius 3 is 2.54 bits per heavy atom. The number of phosphoric ester groups is 1. The van der Waals surface area contributed by atoms with Gasteiger partial charge >= 0.3 is 21.3 Å². The van der Waals surface area contributed by atoms with E-state index in [-0.39, 0.29) is 17.1 Å². The number of phosphoric acid groups is 2. The standard InChI is InChI=1S/C16H20N4O13P2/c17-12-5-6-19(16(22)18-12)15-13(21)14(30-7-9-3-1-2-4-10(9)20(23)24)11(32-15)8-31-35(28,29)33-34(25,26)27/h1-6,11,13-15,21H,7-8H2,(H,28,29)(H2,17,18,22)(H2,25,26,27)/t11-,13-,14-,15-/m1/s1. The lowest BCUT2D eigenvalue weighted by atomic mass is 10.1. The first-order valence-electron chi connectivity index (χ1n) is 9.54. The summed E-state index contributed by atoms with van der Waals surface area (Å²) in [6.07, 6.45) is -4.74. The van der Waals surface area contributed by atoms with Crippen LogP contribution in [-0.2, 0) is 34.0 Å². The quantitative estimate of drug-likeness (QED) is 0.149. The van der Waals surface area contributed by atoms with Crippen molar-refractivity contribution in [2.24, 2.45) is 0 Å². The van der Waals surface area contributed by atoms with E-state index in [1.807, 2.05) is 0 Å². The molecule has 1 saturated heterocycles. The van der Waals surface area contributed by atoms with Crippen molar-refractivity contribution >= 4 is 27.2 Å². The molecule has 1 aromatic heterocycles. The Morgan fingerprint density at radius 1 is 1.23 bits per heavy atom. The molecule has 1 fully saturated rings. The molecular formula is C16H20N4O13P2. The number of aliphatic hydroxyl groups is 1. The minimum atomic E-state index is -5.40. The van der Waals surface area contributed by atoms with Crippen molar-refractivity contribution in [1.82, 2.24) is 9.55 Å². The molecule has 5 atom stereocenters. The van der Waals surface area contributed by atoms with Crippen LogP contribution in [0, 0.1) is 10.1 Å². The number of aromatic nitrogens is 2. The highest BCUT2D eigenvalue weighted by Crippen LogP contribution is 2.57. The first-order chi connectivity index (χ1) is 16.3. The van der Waals surface area contributed by atoms with Crippen LogP contribution < -0.4 is 11.4 Å². The Balaban J connectivity index is 1.84. The molecule has 3 rings (SSSR count). The summed E-state index contributed by atoms with van der Waals surface area (Å²) in [4.78, 5) is 53.3. The third kappa shape index (κ3) is 6.99. The first-order valence-corrected chi connectivity index (χ1v) is 12.6. The van der Waals surface area contributed by atoms with Crippen molar-refractivity contribution in [3.8, 4) is 0 Å². The summed E-state index contributed by atoms with van der Waals surface area (Å²) in [5, 5.41) is 22.0. The SMILES string of the molecule is Nc1ccn([C@@H]2O[C@H](COP(=O)(O)OP(=O)(O)O)[C@@H](OCc3ccccc3[N+](=O)[O-])[C@H]2O)c(=O)n1. The highest BCUT2D eigenvalue weighted by molar-refractivity contribution is 7.60. The van der Waals surface area contributed by atoms with Gasteiger partial charge in [-0.05, 0) is 12.1 Å². The summed E-state index contributed by atoms with van der Waals surface area (Å²) in [7, 11) is -10.7. The van der Waals surface area contributed by atoms with Gasteiger partial charge in [-0.25, -0.2) is 13.9 Å². The lowest BCUT2D eigenvalue weighted by Crippen LogP contribution is -2.38. The summed E-state index contributed by atoms with van der Waals surface area (Å²) < 4.78 is 43.0. The second kappa shape index (κ2) is 10.6. The van der Waals surface area contributed by atoms with Crippen LogP contribution in [0.25, 0.3) is 0 Å². The van der Waals surface area contributed by atoms with Crippen molar-refractivity contribution < 1.29 is 52.1 Å². The fourth-order valence-electron chi connectivity index (χ4n) is 3.23. The number of para-hydroxylation sites is 1. The van der Waals surface area contributed by atoms with Crippen LogP contribution in [0.1, 0.15) is 11.8 Å². The van der Waals surface area contributed by atoms with Gasteiger partial charge in [0.2, 0.25) is 0 Å². The fraction of sp³-hybridized carbons (Fsp3) is 0.375. The number of nitro benzene ring substituents is 1. The van der Waals surface area contributed by atoms with E-state index < -0.39 is 64.0 Å². The number of aliphatic hydroxyl groups excluding tert-OH is 1. The molecule has 192 valence electrons. The van der Waals surface area contributed by atoms with Gasteiger partial charge in [-0.2, -0.15) is 9.29 Å². The molecule has 17 nitrogen and oxygen atoms in total. The number of benzene rings is 1. The van der Waals surface area contributed by atoms with Crippen molar-refractivity contribution in [1.29, 1.82) is 0 Å². The second-order valence-electron chi connectivity index (χ2n) is 7.10.